The number of esters is 1. The topological polar surface area (TPSA) is 92.8 Å². The van der Waals surface area contributed by atoms with Crippen LogP contribution in [0.1, 0.15) is 34.8 Å². The summed E-state index contributed by atoms with van der Waals surface area (Å²) in [7, 11) is -2.50. The molecule has 0 fully saturated rings. The first-order valence-corrected chi connectivity index (χ1v) is 11.0. The van der Waals surface area contributed by atoms with Gasteiger partial charge >= 0.3 is 5.97 Å². The Labute approximate surface area is 171 Å². The van der Waals surface area contributed by atoms with Gasteiger partial charge in [-0.25, -0.2) is 13.2 Å². The van der Waals surface area contributed by atoms with Gasteiger partial charge in [0, 0.05) is 0 Å². The molecule has 0 aliphatic heterocycles. The first kappa shape index (κ1) is 22.4. The quantitative estimate of drug-likeness (QED) is 0.697. The minimum atomic E-state index is -3.75. The van der Waals surface area contributed by atoms with Crippen molar-refractivity contribution in [3.8, 4) is 0 Å². The maximum absolute atomic E-state index is 13.1. The third-order valence-electron chi connectivity index (χ3n) is 4.66. The number of anilines is 2. The zero-order valence-corrected chi connectivity index (χ0v) is 18.0. The van der Waals surface area contributed by atoms with Gasteiger partial charge in [0.2, 0.25) is 15.9 Å². The van der Waals surface area contributed by atoms with Crippen molar-refractivity contribution in [3.63, 3.8) is 0 Å². The second kappa shape index (κ2) is 9.09. The first-order chi connectivity index (χ1) is 13.6. The fourth-order valence-electron chi connectivity index (χ4n) is 3.02. The Morgan fingerprint density at radius 1 is 1.10 bits per heavy atom. The van der Waals surface area contributed by atoms with Crippen LogP contribution in [0.2, 0.25) is 0 Å². The number of sulfonamides is 1. The minimum absolute atomic E-state index is 0.190. The summed E-state index contributed by atoms with van der Waals surface area (Å²) in [5.41, 5.74) is 2.81. The summed E-state index contributed by atoms with van der Waals surface area (Å²) in [5.74, 6) is -1.13. The highest BCUT2D eigenvalue weighted by atomic mass is 32.2. The summed E-state index contributed by atoms with van der Waals surface area (Å²) in [6.45, 7) is 5.54. The number of methoxy groups -OCH3 is 1. The lowest BCUT2D eigenvalue weighted by Crippen LogP contribution is -2.47. The number of benzene rings is 2. The van der Waals surface area contributed by atoms with Crippen LogP contribution < -0.4 is 9.62 Å². The average molecular weight is 419 g/mol. The molecule has 0 unspecified atom stereocenters. The maximum atomic E-state index is 13.1. The summed E-state index contributed by atoms with van der Waals surface area (Å²) in [4.78, 5) is 25.0. The fourth-order valence-corrected chi connectivity index (χ4v) is 4.22. The number of hydrogen-bond donors (Lipinski definition) is 1. The van der Waals surface area contributed by atoms with E-state index in [0.29, 0.717) is 5.69 Å². The van der Waals surface area contributed by atoms with E-state index >= 15 is 0 Å². The molecule has 0 saturated heterocycles. The number of rotatable bonds is 7. The van der Waals surface area contributed by atoms with Gasteiger partial charge in [-0.05, 0) is 55.7 Å². The Kier molecular flexibility index (Phi) is 7.02. The molecule has 0 saturated carbocycles. The van der Waals surface area contributed by atoms with E-state index in [-0.39, 0.29) is 17.7 Å². The zero-order valence-electron chi connectivity index (χ0n) is 17.2. The summed E-state index contributed by atoms with van der Waals surface area (Å²) < 4.78 is 31.0. The molecule has 0 aromatic heterocycles. The maximum Gasteiger partial charge on any atom is 0.339 e. The van der Waals surface area contributed by atoms with Crippen LogP contribution in [0.15, 0.2) is 42.5 Å². The number of nitrogens with zero attached hydrogens (tertiary/aromatic N) is 1. The molecule has 0 aliphatic rings. The van der Waals surface area contributed by atoms with E-state index in [1.54, 1.807) is 37.3 Å². The SMILES string of the molecule is CC[C@H](C(=O)Nc1ccccc1C(=O)OC)N(c1ccc(C)c(C)c1)S(C)(=O)=O. The van der Waals surface area contributed by atoms with E-state index < -0.39 is 27.9 Å². The number of nitrogens with one attached hydrogen (secondary N) is 1. The molecular weight excluding hydrogens is 392 g/mol. The summed E-state index contributed by atoms with van der Waals surface area (Å²) in [5, 5.41) is 2.68. The third-order valence-corrected chi connectivity index (χ3v) is 5.84. The molecule has 0 heterocycles. The number of para-hydroxylation sites is 1. The van der Waals surface area contributed by atoms with Crippen molar-refractivity contribution in [2.75, 3.05) is 23.0 Å². The fraction of sp³-hybridized carbons (Fsp3) is 0.333. The molecule has 29 heavy (non-hydrogen) atoms. The molecule has 0 radical (unpaired) electrons. The van der Waals surface area contributed by atoms with E-state index in [9.17, 15) is 18.0 Å². The van der Waals surface area contributed by atoms with Crippen molar-refractivity contribution in [2.24, 2.45) is 0 Å². The van der Waals surface area contributed by atoms with Gasteiger partial charge in [-0.2, -0.15) is 0 Å². The molecule has 0 bridgehead atoms. The molecular formula is C21H26N2O5S. The second-order valence-electron chi connectivity index (χ2n) is 6.78. The van der Waals surface area contributed by atoms with E-state index in [0.717, 1.165) is 21.7 Å². The Morgan fingerprint density at radius 3 is 2.31 bits per heavy atom. The highest BCUT2D eigenvalue weighted by Crippen LogP contribution is 2.26. The van der Waals surface area contributed by atoms with Gasteiger partial charge in [0.1, 0.15) is 6.04 Å². The van der Waals surface area contributed by atoms with Crippen LogP contribution in [0, 0.1) is 13.8 Å². The molecule has 1 N–H and O–H groups in total. The lowest BCUT2D eigenvalue weighted by Gasteiger charge is -2.30. The Bertz CT molecular complexity index is 1020. The second-order valence-corrected chi connectivity index (χ2v) is 8.64. The molecule has 156 valence electrons. The van der Waals surface area contributed by atoms with Crippen LogP contribution in [0.3, 0.4) is 0 Å². The van der Waals surface area contributed by atoms with Crippen molar-refractivity contribution in [1.82, 2.24) is 0 Å². The van der Waals surface area contributed by atoms with Crippen LogP contribution in [0.4, 0.5) is 11.4 Å². The Morgan fingerprint density at radius 2 is 1.76 bits per heavy atom. The third kappa shape index (κ3) is 5.14. The van der Waals surface area contributed by atoms with Crippen LogP contribution >= 0.6 is 0 Å². The normalized spacial score (nSPS) is 12.2. The van der Waals surface area contributed by atoms with Crippen LogP contribution in [0.25, 0.3) is 0 Å². The van der Waals surface area contributed by atoms with Crippen LogP contribution in [-0.4, -0.2) is 39.7 Å². The monoisotopic (exact) mass is 418 g/mol. The number of ether oxygens (including phenoxy) is 1. The zero-order chi connectivity index (χ0) is 21.8. The number of hydrogen-bond acceptors (Lipinski definition) is 5. The van der Waals surface area contributed by atoms with Crippen LogP contribution in [0.5, 0.6) is 0 Å². The van der Waals surface area contributed by atoms with Gasteiger partial charge in [0.25, 0.3) is 0 Å². The summed E-state index contributed by atoms with van der Waals surface area (Å²) in [6, 6.07) is 10.7. The highest BCUT2D eigenvalue weighted by Gasteiger charge is 2.32. The lowest BCUT2D eigenvalue weighted by molar-refractivity contribution is -0.117. The predicted molar refractivity (Wildman–Crippen MR) is 114 cm³/mol. The number of carbonyl (C=O) groups is 2. The van der Waals surface area contributed by atoms with Gasteiger partial charge in [-0.1, -0.05) is 25.1 Å². The number of aryl methyl sites for hydroxylation is 2. The molecule has 8 heteroatoms. The molecule has 2 rings (SSSR count). The summed E-state index contributed by atoms with van der Waals surface area (Å²) in [6.07, 6.45) is 1.31. The van der Waals surface area contributed by atoms with E-state index in [1.807, 2.05) is 19.9 Å². The van der Waals surface area contributed by atoms with Crippen molar-refractivity contribution in [3.05, 3.63) is 59.2 Å². The van der Waals surface area contributed by atoms with Gasteiger partial charge < -0.3 is 10.1 Å². The van der Waals surface area contributed by atoms with Crippen molar-refractivity contribution in [1.29, 1.82) is 0 Å². The smallest absolute Gasteiger partial charge is 0.339 e. The Balaban J connectivity index is 2.45. The van der Waals surface area contributed by atoms with Crippen molar-refractivity contribution in [2.45, 2.75) is 33.2 Å². The van der Waals surface area contributed by atoms with Gasteiger partial charge in [0.05, 0.1) is 30.3 Å². The molecule has 0 aliphatic carbocycles. The van der Waals surface area contributed by atoms with Gasteiger partial charge in [-0.3, -0.25) is 9.10 Å². The molecule has 7 nitrogen and oxygen atoms in total. The Hall–Kier alpha value is -2.87. The number of amides is 1. The van der Waals surface area contributed by atoms with E-state index in [2.05, 4.69) is 5.32 Å². The molecule has 2 aromatic rings. The molecule has 0 spiro atoms. The summed E-state index contributed by atoms with van der Waals surface area (Å²) >= 11 is 0. The minimum Gasteiger partial charge on any atom is -0.465 e. The average Bonchev–Trinajstić information content (AvgIpc) is 2.67. The lowest BCUT2D eigenvalue weighted by atomic mass is 10.1. The largest absolute Gasteiger partial charge is 0.465 e. The van der Waals surface area contributed by atoms with Gasteiger partial charge in [0.15, 0.2) is 0 Å². The standard InChI is InChI=1S/C21H26N2O5S/c1-6-19(20(24)22-18-10-8-7-9-17(18)21(25)28-4)23(29(5,26)27)16-12-11-14(2)15(3)13-16/h7-13,19H,6H2,1-5H3,(H,22,24)/t19-/m1/s1. The van der Waals surface area contributed by atoms with Gasteiger partial charge in [-0.15, -0.1) is 0 Å². The highest BCUT2D eigenvalue weighted by molar-refractivity contribution is 7.92. The molecule has 1 amide bonds. The molecule has 2 aromatic carbocycles. The predicted octanol–water partition coefficient (Wildman–Crippen LogP) is 3.27. The molecule has 1 atom stereocenters. The number of carbonyl (C=O) groups excluding carboxylic acids is 2. The van der Waals surface area contributed by atoms with E-state index in [4.69, 9.17) is 4.74 Å². The van der Waals surface area contributed by atoms with Crippen molar-refractivity contribution < 1.29 is 22.7 Å². The first-order valence-electron chi connectivity index (χ1n) is 9.15. The van der Waals surface area contributed by atoms with E-state index in [1.165, 1.54) is 13.2 Å². The van der Waals surface area contributed by atoms with Crippen molar-refractivity contribution >= 4 is 33.3 Å². The van der Waals surface area contributed by atoms with Crippen LogP contribution in [-0.2, 0) is 19.6 Å².